The molecule has 4 rings (SSSR count). The van der Waals surface area contributed by atoms with E-state index < -0.39 is 0 Å². The molecule has 1 amide bonds. The first-order chi connectivity index (χ1) is 14.0. The fourth-order valence-electron chi connectivity index (χ4n) is 3.87. The van der Waals surface area contributed by atoms with E-state index in [9.17, 15) is 4.79 Å². The molecule has 148 valence electrons. The summed E-state index contributed by atoms with van der Waals surface area (Å²) >= 11 is 0. The Balaban J connectivity index is 1.63. The number of rotatable bonds is 5. The van der Waals surface area contributed by atoms with Crippen molar-refractivity contribution in [1.29, 1.82) is 0 Å². The van der Waals surface area contributed by atoms with E-state index in [1.807, 2.05) is 55.1 Å². The average Bonchev–Trinajstić information content (AvgIpc) is 3.08. The summed E-state index contributed by atoms with van der Waals surface area (Å²) in [6, 6.07) is 20.4. The molecule has 0 N–H and O–H groups in total. The van der Waals surface area contributed by atoms with E-state index in [0.717, 1.165) is 17.7 Å². The lowest BCUT2D eigenvalue weighted by molar-refractivity contribution is 0.0684. The summed E-state index contributed by atoms with van der Waals surface area (Å²) in [4.78, 5) is 26.4. The molecule has 0 spiro atoms. The van der Waals surface area contributed by atoms with E-state index in [-0.39, 0.29) is 18.0 Å². The molecule has 2 heterocycles. The number of nitrogens with zero attached hydrogens (tertiary/aromatic N) is 4. The summed E-state index contributed by atoms with van der Waals surface area (Å²) in [6.07, 6.45) is 2.63. The van der Waals surface area contributed by atoms with Gasteiger partial charge in [-0.15, -0.1) is 0 Å². The molecule has 0 bridgehead atoms. The van der Waals surface area contributed by atoms with Crippen LogP contribution in [-0.2, 0) is 13.0 Å². The summed E-state index contributed by atoms with van der Waals surface area (Å²) in [7, 11) is 0. The predicted octanol–water partition coefficient (Wildman–Crippen LogP) is 4.61. The molecule has 0 radical (unpaired) electrons. The van der Waals surface area contributed by atoms with E-state index in [0.29, 0.717) is 18.2 Å². The van der Waals surface area contributed by atoms with Gasteiger partial charge in [-0.3, -0.25) is 4.79 Å². The minimum absolute atomic E-state index is 0.0626. The van der Waals surface area contributed by atoms with Gasteiger partial charge in [0, 0.05) is 30.5 Å². The molecular formula is C24H26N4O. The Morgan fingerprint density at radius 3 is 2.59 bits per heavy atom. The third-order valence-electron chi connectivity index (χ3n) is 5.36. The second-order valence-electron chi connectivity index (χ2n) is 7.81. The van der Waals surface area contributed by atoms with Gasteiger partial charge in [-0.25, -0.2) is 9.97 Å². The largest absolute Gasteiger partial charge is 0.331 e. The predicted molar refractivity (Wildman–Crippen MR) is 115 cm³/mol. The lowest BCUT2D eigenvalue weighted by Gasteiger charge is -2.27. The molecular weight excluding hydrogens is 360 g/mol. The van der Waals surface area contributed by atoms with Gasteiger partial charge in [-0.05, 0) is 50.5 Å². The SMILES string of the molecule is CC(C)N(Cc1ccccc1)C(=O)c1ccnc(N2c3ccccc3CC2C)n1. The minimum atomic E-state index is -0.0763. The molecule has 0 saturated heterocycles. The number of amides is 1. The van der Waals surface area contributed by atoms with Crippen molar-refractivity contribution in [3.63, 3.8) is 0 Å². The molecule has 1 aromatic heterocycles. The number of aromatic nitrogens is 2. The zero-order valence-electron chi connectivity index (χ0n) is 17.1. The number of para-hydroxylation sites is 1. The van der Waals surface area contributed by atoms with Crippen molar-refractivity contribution >= 4 is 17.5 Å². The normalized spacial score (nSPS) is 15.4. The first-order valence-electron chi connectivity index (χ1n) is 10.1. The summed E-state index contributed by atoms with van der Waals surface area (Å²) in [5.41, 5.74) is 3.94. The summed E-state index contributed by atoms with van der Waals surface area (Å²) in [5, 5.41) is 0. The van der Waals surface area contributed by atoms with E-state index in [1.54, 1.807) is 12.3 Å². The third-order valence-corrected chi connectivity index (χ3v) is 5.36. The van der Waals surface area contributed by atoms with Crippen LogP contribution in [0.15, 0.2) is 66.9 Å². The Labute approximate surface area is 172 Å². The summed E-state index contributed by atoms with van der Waals surface area (Å²) < 4.78 is 0. The van der Waals surface area contributed by atoms with Crippen LogP contribution >= 0.6 is 0 Å². The molecule has 1 aliphatic rings. The number of fused-ring (bicyclic) bond motifs is 1. The smallest absolute Gasteiger partial charge is 0.273 e. The number of hydrogen-bond acceptors (Lipinski definition) is 4. The number of hydrogen-bond donors (Lipinski definition) is 0. The molecule has 0 fully saturated rings. The fourth-order valence-corrected chi connectivity index (χ4v) is 3.87. The second kappa shape index (κ2) is 8.03. The van der Waals surface area contributed by atoms with Gasteiger partial charge in [0.15, 0.2) is 0 Å². The number of carbonyl (C=O) groups excluding carboxylic acids is 1. The highest BCUT2D eigenvalue weighted by atomic mass is 16.2. The van der Waals surface area contributed by atoms with Gasteiger partial charge < -0.3 is 9.80 Å². The van der Waals surface area contributed by atoms with Gasteiger partial charge >= 0.3 is 0 Å². The Bertz CT molecular complexity index is 1000. The molecule has 1 atom stereocenters. The number of anilines is 2. The maximum absolute atomic E-state index is 13.3. The van der Waals surface area contributed by atoms with Crippen LogP contribution in [0.1, 0.15) is 42.4 Å². The van der Waals surface area contributed by atoms with Gasteiger partial charge in [-0.1, -0.05) is 48.5 Å². The Morgan fingerprint density at radius 1 is 1.10 bits per heavy atom. The Kier molecular flexibility index (Phi) is 5.30. The Hall–Kier alpha value is -3.21. The van der Waals surface area contributed by atoms with Crippen molar-refractivity contribution in [3.8, 4) is 0 Å². The average molecular weight is 386 g/mol. The lowest BCUT2D eigenvalue weighted by atomic mass is 10.1. The van der Waals surface area contributed by atoms with Gasteiger partial charge in [0.25, 0.3) is 5.91 Å². The monoisotopic (exact) mass is 386 g/mol. The van der Waals surface area contributed by atoms with Crippen LogP contribution in [0.2, 0.25) is 0 Å². The molecule has 5 nitrogen and oxygen atoms in total. The number of carbonyl (C=O) groups is 1. The molecule has 0 saturated carbocycles. The van der Waals surface area contributed by atoms with Crippen LogP contribution in [0, 0.1) is 0 Å². The topological polar surface area (TPSA) is 49.3 Å². The lowest BCUT2D eigenvalue weighted by Crippen LogP contribution is -2.37. The van der Waals surface area contributed by atoms with Crippen LogP contribution in [0.25, 0.3) is 0 Å². The van der Waals surface area contributed by atoms with Crippen molar-refractivity contribution in [2.75, 3.05) is 4.90 Å². The van der Waals surface area contributed by atoms with E-state index >= 15 is 0 Å². The summed E-state index contributed by atoms with van der Waals surface area (Å²) in [6.45, 7) is 6.77. The molecule has 1 unspecified atom stereocenters. The van der Waals surface area contributed by atoms with Crippen molar-refractivity contribution < 1.29 is 4.79 Å². The minimum Gasteiger partial charge on any atom is -0.331 e. The molecule has 2 aromatic carbocycles. The van der Waals surface area contributed by atoms with Crippen LogP contribution in [0.3, 0.4) is 0 Å². The molecule has 5 heteroatoms. The van der Waals surface area contributed by atoms with Crippen molar-refractivity contribution in [2.45, 2.75) is 45.8 Å². The van der Waals surface area contributed by atoms with E-state index in [2.05, 4.69) is 40.0 Å². The van der Waals surface area contributed by atoms with Crippen LogP contribution in [-0.4, -0.2) is 32.9 Å². The van der Waals surface area contributed by atoms with Crippen molar-refractivity contribution in [3.05, 3.63) is 83.7 Å². The third kappa shape index (κ3) is 3.86. The van der Waals surface area contributed by atoms with Crippen molar-refractivity contribution in [1.82, 2.24) is 14.9 Å². The van der Waals surface area contributed by atoms with Crippen LogP contribution in [0.4, 0.5) is 11.6 Å². The van der Waals surface area contributed by atoms with Crippen LogP contribution < -0.4 is 4.90 Å². The standard InChI is InChI=1S/C24H26N4O/c1-17(2)27(16-19-9-5-4-6-10-19)23(29)21-13-14-25-24(26-21)28-18(3)15-20-11-7-8-12-22(20)28/h4-14,17-18H,15-16H2,1-3H3. The highest BCUT2D eigenvalue weighted by Crippen LogP contribution is 2.36. The molecule has 29 heavy (non-hydrogen) atoms. The highest BCUT2D eigenvalue weighted by Gasteiger charge is 2.29. The zero-order valence-corrected chi connectivity index (χ0v) is 17.1. The fraction of sp³-hybridized carbons (Fsp3) is 0.292. The summed E-state index contributed by atoms with van der Waals surface area (Å²) in [5.74, 6) is 0.504. The van der Waals surface area contributed by atoms with Gasteiger partial charge in [0.05, 0.1) is 0 Å². The van der Waals surface area contributed by atoms with Gasteiger partial charge in [0.1, 0.15) is 5.69 Å². The van der Waals surface area contributed by atoms with Gasteiger partial charge in [-0.2, -0.15) is 0 Å². The maximum atomic E-state index is 13.3. The van der Waals surface area contributed by atoms with Gasteiger partial charge in [0.2, 0.25) is 5.95 Å². The maximum Gasteiger partial charge on any atom is 0.273 e. The first-order valence-corrected chi connectivity index (χ1v) is 10.1. The van der Waals surface area contributed by atoms with Crippen molar-refractivity contribution in [2.24, 2.45) is 0 Å². The number of benzene rings is 2. The molecule has 1 aliphatic heterocycles. The Morgan fingerprint density at radius 2 is 1.83 bits per heavy atom. The highest BCUT2D eigenvalue weighted by molar-refractivity contribution is 5.92. The van der Waals surface area contributed by atoms with Crippen LogP contribution in [0.5, 0.6) is 0 Å². The van der Waals surface area contributed by atoms with E-state index in [1.165, 1.54) is 5.56 Å². The quantitative estimate of drug-likeness (QED) is 0.642. The zero-order chi connectivity index (χ0) is 20.4. The first kappa shape index (κ1) is 19.1. The second-order valence-corrected chi connectivity index (χ2v) is 7.81. The molecule has 3 aromatic rings. The van der Waals surface area contributed by atoms with E-state index in [4.69, 9.17) is 0 Å². The molecule has 0 aliphatic carbocycles.